The zero-order valence-electron chi connectivity index (χ0n) is 13.1. The summed E-state index contributed by atoms with van der Waals surface area (Å²) in [7, 11) is 0. The van der Waals surface area contributed by atoms with E-state index < -0.39 is 0 Å². The Labute approximate surface area is 122 Å². The molecule has 0 aromatic carbocycles. The summed E-state index contributed by atoms with van der Waals surface area (Å²) in [6, 6.07) is 2.09. The lowest BCUT2D eigenvalue weighted by Gasteiger charge is -2.49. The molecule has 0 bridgehead atoms. The van der Waals surface area contributed by atoms with Crippen molar-refractivity contribution in [3.63, 3.8) is 0 Å². The number of aromatic nitrogens is 2. The topological polar surface area (TPSA) is 24.3 Å². The second-order valence-electron chi connectivity index (χ2n) is 6.82. The molecule has 0 spiro atoms. The highest BCUT2D eigenvalue weighted by molar-refractivity contribution is 5.02. The summed E-state index contributed by atoms with van der Waals surface area (Å²) in [5.41, 5.74) is 1.35. The van der Waals surface area contributed by atoms with E-state index in [1.807, 2.05) is 12.5 Å². The highest BCUT2D eigenvalue weighted by atomic mass is 15.3. The highest BCUT2D eigenvalue weighted by Gasteiger charge is 2.35. The molecule has 3 heterocycles. The first-order chi connectivity index (χ1) is 9.65. The molecule has 0 saturated carbocycles. The number of likely N-dealkylation sites (tertiary alicyclic amines) is 2. The van der Waals surface area contributed by atoms with Crippen molar-refractivity contribution in [3.05, 3.63) is 18.2 Å². The minimum Gasteiger partial charge on any atom is -0.331 e. The van der Waals surface area contributed by atoms with Crippen molar-refractivity contribution in [2.75, 3.05) is 19.6 Å². The SMILES string of the molecule is CC1CCCCN1C1CN(Cc2cncn2C(C)C)C1. The van der Waals surface area contributed by atoms with E-state index in [-0.39, 0.29) is 0 Å². The Hall–Kier alpha value is -0.870. The molecule has 2 aliphatic heterocycles. The number of piperidine rings is 1. The summed E-state index contributed by atoms with van der Waals surface area (Å²) in [6.45, 7) is 11.7. The number of hydrogen-bond donors (Lipinski definition) is 0. The van der Waals surface area contributed by atoms with Crippen LogP contribution in [0.5, 0.6) is 0 Å². The van der Waals surface area contributed by atoms with Crippen LogP contribution in [0, 0.1) is 0 Å². The summed E-state index contributed by atoms with van der Waals surface area (Å²) in [5.74, 6) is 0. The molecule has 2 saturated heterocycles. The second kappa shape index (κ2) is 5.86. The third-order valence-electron chi connectivity index (χ3n) is 4.95. The van der Waals surface area contributed by atoms with Gasteiger partial charge >= 0.3 is 0 Å². The fourth-order valence-corrected chi connectivity index (χ4v) is 3.69. The van der Waals surface area contributed by atoms with E-state index in [1.165, 1.54) is 44.6 Å². The molecule has 4 nitrogen and oxygen atoms in total. The van der Waals surface area contributed by atoms with Gasteiger partial charge in [0.25, 0.3) is 0 Å². The van der Waals surface area contributed by atoms with Gasteiger partial charge in [0.1, 0.15) is 0 Å². The third kappa shape index (κ3) is 2.77. The van der Waals surface area contributed by atoms with E-state index in [2.05, 4.69) is 40.1 Å². The average Bonchev–Trinajstić information content (AvgIpc) is 2.83. The standard InChI is InChI=1S/C16H28N4/c1-13(2)20-12-17-8-15(20)9-18-10-16(11-18)19-7-5-4-6-14(19)3/h8,12-14,16H,4-7,9-11H2,1-3H3. The van der Waals surface area contributed by atoms with Gasteiger partial charge in [-0.15, -0.1) is 0 Å². The van der Waals surface area contributed by atoms with Crippen molar-refractivity contribution in [2.24, 2.45) is 0 Å². The van der Waals surface area contributed by atoms with Gasteiger partial charge < -0.3 is 4.57 Å². The van der Waals surface area contributed by atoms with Gasteiger partial charge in [-0.3, -0.25) is 9.80 Å². The molecular weight excluding hydrogens is 248 g/mol. The fraction of sp³-hybridized carbons (Fsp3) is 0.812. The molecule has 2 fully saturated rings. The molecule has 0 aliphatic carbocycles. The Morgan fingerprint density at radius 1 is 1.30 bits per heavy atom. The zero-order valence-corrected chi connectivity index (χ0v) is 13.1. The normalized spacial score (nSPS) is 26.1. The van der Waals surface area contributed by atoms with Crippen LogP contribution in [-0.4, -0.2) is 51.1 Å². The predicted molar refractivity (Wildman–Crippen MR) is 81.7 cm³/mol. The van der Waals surface area contributed by atoms with Crippen LogP contribution in [0.25, 0.3) is 0 Å². The Kier molecular flexibility index (Phi) is 4.13. The lowest BCUT2D eigenvalue weighted by Crippen LogP contribution is -2.61. The molecule has 2 aliphatic rings. The zero-order chi connectivity index (χ0) is 14.1. The van der Waals surface area contributed by atoms with Crippen molar-refractivity contribution in [2.45, 2.75) is 64.7 Å². The largest absolute Gasteiger partial charge is 0.331 e. The number of hydrogen-bond acceptors (Lipinski definition) is 3. The first-order valence-electron chi connectivity index (χ1n) is 8.14. The van der Waals surface area contributed by atoms with Crippen LogP contribution in [0.15, 0.2) is 12.5 Å². The van der Waals surface area contributed by atoms with Gasteiger partial charge in [-0.1, -0.05) is 6.42 Å². The molecule has 0 amide bonds. The van der Waals surface area contributed by atoms with Crippen LogP contribution in [0.1, 0.15) is 51.8 Å². The van der Waals surface area contributed by atoms with Gasteiger partial charge in [0, 0.05) is 44.0 Å². The smallest absolute Gasteiger partial charge is 0.0951 e. The first kappa shape index (κ1) is 14.1. The summed E-state index contributed by atoms with van der Waals surface area (Å²) < 4.78 is 2.29. The second-order valence-corrected chi connectivity index (χ2v) is 6.82. The molecule has 1 aromatic rings. The first-order valence-corrected chi connectivity index (χ1v) is 8.14. The fourth-order valence-electron chi connectivity index (χ4n) is 3.69. The Morgan fingerprint density at radius 3 is 2.80 bits per heavy atom. The molecule has 1 atom stereocenters. The summed E-state index contributed by atoms with van der Waals surface area (Å²) in [4.78, 5) is 9.59. The van der Waals surface area contributed by atoms with E-state index in [9.17, 15) is 0 Å². The molecule has 112 valence electrons. The van der Waals surface area contributed by atoms with Crippen molar-refractivity contribution in [1.29, 1.82) is 0 Å². The molecule has 1 aromatic heterocycles. The van der Waals surface area contributed by atoms with Crippen LogP contribution < -0.4 is 0 Å². The van der Waals surface area contributed by atoms with Crippen molar-refractivity contribution < 1.29 is 0 Å². The van der Waals surface area contributed by atoms with Crippen LogP contribution >= 0.6 is 0 Å². The maximum absolute atomic E-state index is 4.30. The third-order valence-corrected chi connectivity index (χ3v) is 4.95. The summed E-state index contributed by atoms with van der Waals surface area (Å²) in [6.07, 6.45) is 8.18. The monoisotopic (exact) mass is 276 g/mol. The highest BCUT2D eigenvalue weighted by Crippen LogP contribution is 2.25. The lowest BCUT2D eigenvalue weighted by atomic mass is 9.97. The molecule has 20 heavy (non-hydrogen) atoms. The van der Waals surface area contributed by atoms with Crippen molar-refractivity contribution in [1.82, 2.24) is 19.4 Å². The van der Waals surface area contributed by atoms with Gasteiger partial charge in [-0.2, -0.15) is 0 Å². The molecule has 1 unspecified atom stereocenters. The predicted octanol–water partition coefficient (Wildman–Crippen LogP) is 2.52. The van der Waals surface area contributed by atoms with Gasteiger partial charge in [-0.05, 0) is 40.2 Å². The van der Waals surface area contributed by atoms with Crippen LogP contribution in [0.3, 0.4) is 0 Å². The Bertz CT molecular complexity index is 433. The van der Waals surface area contributed by atoms with E-state index in [0.29, 0.717) is 6.04 Å². The van der Waals surface area contributed by atoms with Gasteiger partial charge in [0.05, 0.1) is 12.0 Å². The van der Waals surface area contributed by atoms with E-state index in [4.69, 9.17) is 0 Å². The number of rotatable bonds is 4. The maximum Gasteiger partial charge on any atom is 0.0951 e. The minimum atomic E-state index is 0.506. The lowest BCUT2D eigenvalue weighted by molar-refractivity contribution is -0.00728. The Balaban J connectivity index is 1.52. The maximum atomic E-state index is 4.30. The molecular formula is C16H28N4. The summed E-state index contributed by atoms with van der Waals surface area (Å²) >= 11 is 0. The van der Waals surface area contributed by atoms with Crippen molar-refractivity contribution in [3.8, 4) is 0 Å². The van der Waals surface area contributed by atoms with Crippen LogP contribution in [0.2, 0.25) is 0 Å². The van der Waals surface area contributed by atoms with Crippen molar-refractivity contribution >= 4 is 0 Å². The molecule has 4 heteroatoms. The quantitative estimate of drug-likeness (QED) is 0.844. The van der Waals surface area contributed by atoms with E-state index >= 15 is 0 Å². The number of imidazole rings is 1. The molecule has 0 N–H and O–H groups in total. The van der Waals surface area contributed by atoms with Crippen LogP contribution in [0.4, 0.5) is 0 Å². The van der Waals surface area contributed by atoms with Crippen LogP contribution in [-0.2, 0) is 6.54 Å². The molecule has 3 rings (SSSR count). The van der Waals surface area contributed by atoms with E-state index in [1.54, 1.807) is 0 Å². The van der Waals surface area contributed by atoms with Gasteiger partial charge in [0.2, 0.25) is 0 Å². The van der Waals surface area contributed by atoms with Gasteiger partial charge in [0.15, 0.2) is 0 Å². The summed E-state index contributed by atoms with van der Waals surface area (Å²) in [5, 5.41) is 0. The Morgan fingerprint density at radius 2 is 2.10 bits per heavy atom. The van der Waals surface area contributed by atoms with E-state index in [0.717, 1.165) is 18.6 Å². The minimum absolute atomic E-state index is 0.506. The molecule has 0 radical (unpaired) electrons. The van der Waals surface area contributed by atoms with Gasteiger partial charge in [-0.25, -0.2) is 4.98 Å². The average molecular weight is 276 g/mol. The number of nitrogens with zero attached hydrogens (tertiary/aromatic N) is 4.